The van der Waals surface area contributed by atoms with Gasteiger partial charge in [0.25, 0.3) is 5.91 Å². The van der Waals surface area contributed by atoms with E-state index < -0.39 is 0 Å². The zero-order valence-electron chi connectivity index (χ0n) is 9.54. The quantitative estimate of drug-likeness (QED) is 0.859. The van der Waals surface area contributed by atoms with Gasteiger partial charge in [0, 0.05) is 7.05 Å². The highest BCUT2D eigenvalue weighted by Crippen LogP contribution is 2.27. The van der Waals surface area contributed by atoms with Crippen molar-refractivity contribution in [1.82, 2.24) is 15.4 Å². The van der Waals surface area contributed by atoms with Crippen molar-refractivity contribution >= 4 is 11.6 Å². The third-order valence-electron chi connectivity index (χ3n) is 2.39. The summed E-state index contributed by atoms with van der Waals surface area (Å²) in [5.74, 6) is 0.384. The number of rotatable bonds is 3. The summed E-state index contributed by atoms with van der Waals surface area (Å²) < 4.78 is 5.20. The number of hydrogen-bond acceptors (Lipinski definition) is 4. The SMILES string of the molecule is COc1ccccc1N(C)C(=O)c1cn[nH]n1. The molecule has 1 amide bonds. The van der Waals surface area contributed by atoms with Gasteiger partial charge in [0.05, 0.1) is 19.0 Å². The van der Waals surface area contributed by atoms with Crippen LogP contribution < -0.4 is 9.64 Å². The van der Waals surface area contributed by atoms with Crippen LogP contribution >= 0.6 is 0 Å². The third-order valence-corrected chi connectivity index (χ3v) is 2.39. The van der Waals surface area contributed by atoms with Gasteiger partial charge in [-0.3, -0.25) is 4.79 Å². The van der Waals surface area contributed by atoms with Gasteiger partial charge < -0.3 is 9.64 Å². The van der Waals surface area contributed by atoms with Crippen LogP contribution in [0.2, 0.25) is 0 Å². The highest BCUT2D eigenvalue weighted by atomic mass is 16.5. The molecule has 0 radical (unpaired) electrons. The summed E-state index contributed by atoms with van der Waals surface area (Å²) in [7, 11) is 3.22. The number of anilines is 1. The van der Waals surface area contributed by atoms with E-state index in [0.717, 1.165) is 0 Å². The number of hydrogen-bond donors (Lipinski definition) is 1. The Balaban J connectivity index is 2.31. The van der Waals surface area contributed by atoms with Crippen molar-refractivity contribution < 1.29 is 9.53 Å². The van der Waals surface area contributed by atoms with Gasteiger partial charge in [-0.05, 0) is 12.1 Å². The molecule has 0 aliphatic carbocycles. The van der Waals surface area contributed by atoms with Crippen LogP contribution in [0.3, 0.4) is 0 Å². The topological polar surface area (TPSA) is 71.1 Å². The van der Waals surface area contributed by atoms with Crippen molar-refractivity contribution in [3.05, 3.63) is 36.2 Å². The van der Waals surface area contributed by atoms with Crippen LogP contribution in [0.15, 0.2) is 30.5 Å². The number of nitrogens with zero attached hydrogens (tertiary/aromatic N) is 3. The molecule has 0 aliphatic rings. The van der Waals surface area contributed by atoms with Crippen LogP contribution in [0.4, 0.5) is 5.69 Å². The monoisotopic (exact) mass is 232 g/mol. The minimum absolute atomic E-state index is 0.247. The standard InChI is InChI=1S/C11H12N4O2/c1-15(11(16)8-7-12-14-13-8)9-5-3-4-6-10(9)17-2/h3-7H,1-2H3,(H,12,13,14). The third kappa shape index (κ3) is 2.10. The fraction of sp³-hybridized carbons (Fsp3) is 0.182. The van der Waals surface area contributed by atoms with Crippen molar-refractivity contribution in [2.45, 2.75) is 0 Å². The molecule has 0 aliphatic heterocycles. The molecular formula is C11H12N4O2. The van der Waals surface area contributed by atoms with Crippen molar-refractivity contribution in [3.63, 3.8) is 0 Å². The molecule has 2 aromatic rings. The van der Waals surface area contributed by atoms with E-state index in [1.165, 1.54) is 11.1 Å². The van der Waals surface area contributed by atoms with E-state index in [4.69, 9.17) is 4.74 Å². The fourth-order valence-electron chi connectivity index (χ4n) is 1.49. The zero-order valence-corrected chi connectivity index (χ0v) is 9.54. The molecule has 0 unspecified atom stereocenters. The summed E-state index contributed by atoms with van der Waals surface area (Å²) in [5, 5.41) is 9.76. The first-order valence-corrected chi connectivity index (χ1v) is 5.01. The first kappa shape index (κ1) is 11.1. The fourth-order valence-corrected chi connectivity index (χ4v) is 1.49. The minimum Gasteiger partial charge on any atom is -0.495 e. The first-order valence-electron chi connectivity index (χ1n) is 5.01. The number of H-pyrrole nitrogens is 1. The number of methoxy groups -OCH3 is 1. The molecule has 0 bridgehead atoms. The largest absolute Gasteiger partial charge is 0.495 e. The molecule has 0 fully saturated rings. The predicted octanol–water partition coefficient (Wildman–Crippen LogP) is 1.09. The number of aromatic amines is 1. The van der Waals surface area contributed by atoms with E-state index in [9.17, 15) is 4.79 Å². The van der Waals surface area contributed by atoms with Gasteiger partial charge in [0.15, 0.2) is 5.69 Å². The molecule has 6 heteroatoms. The Morgan fingerprint density at radius 2 is 2.18 bits per heavy atom. The Bertz CT molecular complexity index is 510. The molecule has 2 rings (SSSR count). The average Bonchev–Trinajstić information content (AvgIpc) is 2.90. The molecule has 0 saturated carbocycles. The van der Waals surface area contributed by atoms with Crippen molar-refractivity contribution in [3.8, 4) is 5.75 Å². The normalized spacial score (nSPS) is 10.0. The average molecular weight is 232 g/mol. The van der Waals surface area contributed by atoms with Crippen LogP contribution in [-0.2, 0) is 0 Å². The van der Waals surface area contributed by atoms with Gasteiger partial charge in [-0.25, -0.2) is 0 Å². The van der Waals surface area contributed by atoms with Crippen LogP contribution in [0, 0.1) is 0 Å². The number of nitrogens with one attached hydrogen (secondary N) is 1. The number of carbonyl (C=O) groups excluding carboxylic acids is 1. The summed E-state index contributed by atoms with van der Waals surface area (Å²) in [5.41, 5.74) is 0.946. The smallest absolute Gasteiger partial charge is 0.280 e. The van der Waals surface area contributed by atoms with Crippen molar-refractivity contribution in [2.75, 3.05) is 19.1 Å². The predicted molar refractivity (Wildman–Crippen MR) is 62.1 cm³/mol. The van der Waals surface area contributed by atoms with Crippen molar-refractivity contribution in [1.29, 1.82) is 0 Å². The van der Waals surface area contributed by atoms with E-state index in [1.54, 1.807) is 26.3 Å². The lowest BCUT2D eigenvalue weighted by Gasteiger charge is -2.18. The number of para-hydroxylation sites is 2. The maximum absolute atomic E-state index is 12.0. The van der Waals surface area contributed by atoms with E-state index in [0.29, 0.717) is 11.4 Å². The Kier molecular flexibility index (Phi) is 3.04. The van der Waals surface area contributed by atoms with Crippen LogP contribution in [-0.4, -0.2) is 35.5 Å². The van der Waals surface area contributed by atoms with Gasteiger partial charge in [-0.1, -0.05) is 12.1 Å². The molecule has 0 atom stereocenters. The first-order chi connectivity index (χ1) is 8.24. The molecule has 0 spiro atoms. The number of carbonyl (C=O) groups is 1. The van der Waals surface area contributed by atoms with E-state index in [2.05, 4.69) is 15.4 Å². The molecule has 1 aromatic heterocycles. The molecule has 0 saturated heterocycles. The summed E-state index contributed by atoms with van der Waals surface area (Å²) >= 11 is 0. The van der Waals surface area contributed by atoms with Crippen LogP contribution in [0.5, 0.6) is 5.75 Å². The van der Waals surface area contributed by atoms with Gasteiger partial charge in [-0.15, -0.1) is 0 Å². The Morgan fingerprint density at radius 1 is 1.41 bits per heavy atom. The molecule has 88 valence electrons. The molecule has 1 heterocycles. The molecule has 17 heavy (non-hydrogen) atoms. The molecule has 1 aromatic carbocycles. The maximum Gasteiger partial charge on any atom is 0.280 e. The Labute approximate surface area is 98.2 Å². The molecule has 1 N–H and O–H groups in total. The number of benzene rings is 1. The van der Waals surface area contributed by atoms with Gasteiger partial charge in [0.2, 0.25) is 0 Å². The van der Waals surface area contributed by atoms with E-state index >= 15 is 0 Å². The van der Waals surface area contributed by atoms with Crippen LogP contribution in [0.25, 0.3) is 0 Å². The zero-order chi connectivity index (χ0) is 12.3. The van der Waals surface area contributed by atoms with E-state index in [1.807, 2.05) is 12.1 Å². The maximum atomic E-state index is 12.0. The highest BCUT2D eigenvalue weighted by Gasteiger charge is 2.18. The van der Waals surface area contributed by atoms with Crippen molar-refractivity contribution in [2.24, 2.45) is 0 Å². The second kappa shape index (κ2) is 4.65. The lowest BCUT2D eigenvalue weighted by Crippen LogP contribution is -2.26. The summed E-state index contributed by atoms with van der Waals surface area (Å²) in [6.07, 6.45) is 1.38. The Morgan fingerprint density at radius 3 is 2.82 bits per heavy atom. The lowest BCUT2D eigenvalue weighted by atomic mass is 10.2. The number of ether oxygens (including phenoxy) is 1. The summed E-state index contributed by atoms with van der Waals surface area (Å²) in [6.45, 7) is 0. The summed E-state index contributed by atoms with van der Waals surface area (Å²) in [4.78, 5) is 13.5. The molecule has 6 nitrogen and oxygen atoms in total. The second-order valence-electron chi connectivity index (χ2n) is 3.39. The Hall–Kier alpha value is -2.37. The minimum atomic E-state index is -0.247. The van der Waals surface area contributed by atoms with Gasteiger partial charge in [0.1, 0.15) is 5.75 Å². The molecular weight excluding hydrogens is 220 g/mol. The van der Waals surface area contributed by atoms with Gasteiger partial charge >= 0.3 is 0 Å². The summed E-state index contributed by atoms with van der Waals surface area (Å²) in [6, 6.07) is 7.28. The highest BCUT2D eigenvalue weighted by molar-refractivity contribution is 6.04. The lowest BCUT2D eigenvalue weighted by molar-refractivity contribution is 0.0987. The van der Waals surface area contributed by atoms with Gasteiger partial charge in [-0.2, -0.15) is 15.4 Å². The second-order valence-corrected chi connectivity index (χ2v) is 3.39. The number of amides is 1. The number of aromatic nitrogens is 3. The van der Waals surface area contributed by atoms with E-state index in [-0.39, 0.29) is 11.6 Å². The van der Waals surface area contributed by atoms with Crippen LogP contribution in [0.1, 0.15) is 10.5 Å².